The number of Topliss-reactive ketones (excluding diaryl/α,β-unsaturated/α-hetero) is 1. The van der Waals surface area contributed by atoms with Gasteiger partial charge in [-0.05, 0) is 56.1 Å². The maximum atomic E-state index is 13.9. The van der Waals surface area contributed by atoms with Crippen molar-refractivity contribution >= 4 is 72.6 Å². The van der Waals surface area contributed by atoms with Crippen molar-refractivity contribution in [2.24, 2.45) is 0 Å². The topological polar surface area (TPSA) is 152 Å². The van der Waals surface area contributed by atoms with E-state index in [1.807, 2.05) is 0 Å². The summed E-state index contributed by atoms with van der Waals surface area (Å²) in [5, 5.41) is 2.88. The van der Waals surface area contributed by atoms with Crippen molar-refractivity contribution in [3.05, 3.63) is 53.2 Å². The molecule has 0 saturated carbocycles. The van der Waals surface area contributed by atoms with Crippen molar-refractivity contribution in [3.63, 3.8) is 0 Å². The first-order valence-corrected chi connectivity index (χ1v) is 18.6. The molecule has 2 aromatic carbocycles. The second-order valence-corrected chi connectivity index (χ2v) is 15.0. The van der Waals surface area contributed by atoms with Gasteiger partial charge in [0.2, 0.25) is 15.8 Å². The Morgan fingerprint density at radius 3 is 2.26 bits per heavy atom. The van der Waals surface area contributed by atoms with Crippen molar-refractivity contribution in [2.45, 2.75) is 102 Å². The number of amides is 3. The van der Waals surface area contributed by atoms with Crippen LogP contribution in [0.2, 0.25) is 5.02 Å². The van der Waals surface area contributed by atoms with Crippen LogP contribution in [0.25, 0.3) is 10.1 Å². The molecule has 0 radical (unpaired) electrons. The number of aromatic nitrogens is 1. The van der Waals surface area contributed by atoms with E-state index in [0.29, 0.717) is 21.4 Å². The number of hydrogen-bond donors (Lipinski definition) is 2. The minimum absolute atomic E-state index is 0.0204. The normalized spacial score (nSPS) is 15.2. The Balaban J connectivity index is 1.46. The van der Waals surface area contributed by atoms with E-state index in [9.17, 15) is 27.6 Å². The molecule has 2 heterocycles. The second kappa shape index (κ2) is 16.1. The SMILES string of the molecule is CCCCCCCCCCCCNS(=O)(=O)c1ccc(Cl)c(NC(=O)C(C(=O)c2nsc3ccccc23)N2C(=O)OC(C)(C)C2=O)c1. The molecule has 0 spiro atoms. The van der Waals surface area contributed by atoms with Crippen LogP contribution >= 0.6 is 23.1 Å². The Kier molecular flexibility index (Phi) is 12.5. The average molecular weight is 705 g/mol. The summed E-state index contributed by atoms with van der Waals surface area (Å²) in [5.74, 6) is -2.90. The van der Waals surface area contributed by atoms with Gasteiger partial charge in [0.05, 0.1) is 20.3 Å². The van der Waals surface area contributed by atoms with Crippen LogP contribution in [0.3, 0.4) is 0 Å². The molecule has 3 amide bonds. The van der Waals surface area contributed by atoms with Crippen molar-refractivity contribution in [3.8, 4) is 0 Å². The van der Waals surface area contributed by atoms with E-state index in [-0.39, 0.29) is 27.8 Å². The van der Waals surface area contributed by atoms with E-state index in [2.05, 4.69) is 21.3 Å². The number of rotatable bonds is 18. The quantitative estimate of drug-likeness (QED) is 0.0809. The van der Waals surface area contributed by atoms with Gasteiger partial charge in [-0.1, -0.05) is 94.5 Å². The molecule has 4 rings (SSSR count). The number of hydrogen-bond acceptors (Lipinski definition) is 9. The molecule has 1 atom stereocenters. The Labute approximate surface area is 284 Å². The Morgan fingerprint density at radius 2 is 1.62 bits per heavy atom. The summed E-state index contributed by atoms with van der Waals surface area (Å²) in [6.07, 6.45) is 10.0. The van der Waals surface area contributed by atoms with E-state index in [1.165, 1.54) is 64.5 Å². The number of ketones is 1. The summed E-state index contributed by atoms with van der Waals surface area (Å²) >= 11 is 7.36. The third-order valence-electron chi connectivity index (χ3n) is 7.97. The number of halogens is 1. The number of benzene rings is 2. The molecule has 3 aromatic rings. The molecule has 11 nitrogen and oxygen atoms in total. The van der Waals surface area contributed by atoms with E-state index in [1.54, 1.807) is 24.3 Å². The average Bonchev–Trinajstić information content (AvgIpc) is 3.54. The molecule has 1 aliphatic rings. The summed E-state index contributed by atoms with van der Waals surface area (Å²) in [4.78, 5) is 54.0. The standard InChI is InChI=1S/C33H41ClN4O7S2/c1-4-5-6-7-8-9-10-11-12-15-20-35-47(43,44)22-18-19-24(34)25(21-22)36-30(40)28(38-31(41)33(2,3)45-32(38)42)29(39)27-23-16-13-14-17-26(23)46-37-27/h13-14,16-19,21,28,35H,4-12,15,20H2,1-3H3,(H,36,40). The predicted molar refractivity (Wildman–Crippen MR) is 182 cm³/mol. The molecule has 254 valence electrons. The number of sulfonamides is 1. The van der Waals surface area contributed by atoms with Gasteiger partial charge in [0.15, 0.2) is 11.6 Å². The number of nitrogens with one attached hydrogen (secondary N) is 2. The molecule has 1 fully saturated rings. The molecular weight excluding hydrogens is 664 g/mol. The minimum atomic E-state index is -3.96. The third kappa shape index (κ3) is 8.95. The summed E-state index contributed by atoms with van der Waals surface area (Å²) in [7, 11) is -3.96. The number of ether oxygens (including phenoxy) is 1. The molecule has 47 heavy (non-hydrogen) atoms. The van der Waals surface area contributed by atoms with Gasteiger partial charge in [-0.15, -0.1) is 0 Å². The number of carbonyl (C=O) groups is 4. The van der Waals surface area contributed by atoms with Crippen LogP contribution in [-0.4, -0.2) is 59.6 Å². The van der Waals surface area contributed by atoms with Crippen molar-refractivity contribution < 1.29 is 32.3 Å². The zero-order valence-corrected chi connectivity index (χ0v) is 29.2. The maximum Gasteiger partial charge on any atom is 0.418 e. The molecular formula is C33H41ClN4O7S2. The molecule has 1 aliphatic heterocycles. The summed E-state index contributed by atoms with van der Waals surface area (Å²) < 4.78 is 38.8. The van der Waals surface area contributed by atoms with Crippen LogP contribution in [0, 0.1) is 0 Å². The van der Waals surface area contributed by atoms with Gasteiger partial charge in [0.1, 0.15) is 5.69 Å². The fraction of sp³-hybridized carbons (Fsp3) is 0.485. The molecule has 14 heteroatoms. The zero-order chi connectivity index (χ0) is 34.2. The van der Waals surface area contributed by atoms with E-state index in [4.69, 9.17) is 16.3 Å². The Hall–Kier alpha value is -3.39. The number of fused-ring (bicyclic) bond motifs is 1. The zero-order valence-electron chi connectivity index (χ0n) is 26.8. The first-order valence-electron chi connectivity index (χ1n) is 15.9. The second-order valence-electron chi connectivity index (χ2n) is 12.1. The lowest BCUT2D eigenvalue weighted by atomic mass is 10.0. The highest BCUT2D eigenvalue weighted by Gasteiger charge is 2.54. The Morgan fingerprint density at radius 1 is 0.979 bits per heavy atom. The first kappa shape index (κ1) is 36.4. The van der Waals surface area contributed by atoms with Crippen LogP contribution in [-0.2, 0) is 24.3 Å². The van der Waals surface area contributed by atoms with Gasteiger partial charge >= 0.3 is 6.09 Å². The minimum Gasteiger partial charge on any atom is -0.433 e. The van der Waals surface area contributed by atoms with E-state index in [0.717, 1.165) is 36.9 Å². The number of cyclic esters (lactones) is 1. The van der Waals surface area contributed by atoms with Gasteiger partial charge in [0, 0.05) is 11.9 Å². The highest BCUT2D eigenvalue weighted by Crippen LogP contribution is 2.31. The molecule has 1 unspecified atom stereocenters. The number of nitrogens with zero attached hydrogens (tertiary/aromatic N) is 2. The third-order valence-corrected chi connectivity index (χ3v) is 10.6. The number of unbranched alkanes of at least 4 members (excludes halogenated alkanes) is 9. The fourth-order valence-electron chi connectivity index (χ4n) is 5.32. The van der Waals surface area contributed by atoms with E-state index >= 15 is 0 Å². The fourth-order valence-corrected chi connectivity index (χ4v) is 7.37. The molecule has 1 aromatic heterocycles. The van der Waals surface area contributed by atoms with E-state index < -0.39 is 45.4 Å². The largest absolute Gasteiger partial charge is 0.433 e. The smallest absolute Gasteiger partial charge is 0.418 e. The number of anilines is 1. The Bertz CT molecular complexity index is 1720. The lowest BCUT2D eigenvalue weighted by Gasteiger charge is -2.23. The molecule has 0 bridgehead atoms. The lowest BCUT2D eigenvalue weighted by molar-refractivity contribution is -0.137. The maximum absolute atomic E-state index is 13.9. The highest BCUT2D eigenvalue weighted by molar-refractivity contribution is 7.89. The molecule has 0 aliphatic carbocycles. The van der Waals surface area contributed by atoms with Gasteiger partial charge in [0.25, 0.3) is 11.8 Å². The molecule has 1 saturated heterocycles. The monoisotopic (exact) mass is 704 g/mol. The predicted octanol–water partition coefficient (Wildman–Crippen LogP) is 7.10. The van der Waals surface area contributed by atoms with Crippen LogP contribution < -0.4 is 10.0 Å². The van der Waals surface area contributed by atoms with Crippen LogP contribution in [0.4, 0.5) is 10.5 Å². The van der Waals surface area contributed by atoms with Crippen LogP contribution in [0.5, 0.6) is 0 Å². The number of imide groups is 1. The summed E-state index contributed by atoms with van der Waals surface area (Å²) in [6, 6.07) is 8.59. The van der Waals surface area contributed by atoms with Crippen molar-refractivity contribution in [1.82, 2.24) is 14.0 Å². The van der Waals surface area contributed by atoms with Crippen molar-refractivity contribution in [1.29, 1.82) is 0 Å². The van der Waals surface area contributed by atoms with Crippen LogP contribution in [0.15, 0.2) is 47.4 Å². The molecule has 2 N–H and O–H groups in total. The van der Waals surface area contributed by atoms with Gasteiger partial charge in [-0.3, -0.25) is 14.4 Å². The highest BCUT2D eigenvalue weighted by atomic mass is 35.5. The van der Waals surface area contributed by atoms with Crippen LogP contribution in [0.1, 0.15) is 95.5 Å². The summed E-state index contributed by atoms with van der Waals surface area (Å²) in [5.41, 5.74) is -1.85. The first-order chi connectivity index (χ1) is 22.4. The lowest BCUT2D eigenvalue weighted by Crippen LogP contribution is -2.53. The van der Waals surface area contributed by atoms with Crippen molar-refractivity contribution in [2.75, 3.05) is 11.9 Å². The summed E-state index contributed by atoms with van der Waals surface area (Å²) in [6.45, 7) is 5.14. The number of carbonyl (C=O) groups excluding carboxylic acids is 4. The van der Waals surface area contributed by atoms with Gasteiger partial charge in [-0.2, -0.15) is 4.37 Å². The van der Waals surface area contributed by atoms with Gasteiger partial charge < -0.3 is 10.1 Å². The van der Waals surface area contributed by atoms with Gasteiger partial charge in [-0.25, -0.2) is 22.8 Å².